The molecular formula is C6H13N3O. The molecule has 0 aromatic rings. The van der Waals surface area contributed by atoms with E-state index < -0.39 is 0 Å². The van der Waals surface area contributed by atoms with Crippen molar-refractivity contribution in [2.75, 3.05) is 6.61 Å². The van der Waals surface area contributed by atoms with E-state index in [1.165, 1.54) is 6.08 Å². The molecule has 0 amide bonds. The van der Waals surface area contributed by atoms with Gasteiger partial charge < -0.3 is 16.2 Å². The van der Waals surface area contributed by atoms with Gasteiger partial charge in [0.2, 0.25) is 0 Å². The molecular weight excluding hydrogens is 130 g/mol. The van der Waals surface area contributed by atoms with E-state index in [9.17, 15) is 0 Å². The Bertz CT molecular complexity index is 133. The first-order chi connectivity index (χ1) is 4.66. The normalized spacial score (nSPS) is 13.4. The largest absolute Gasteiger partial charge is 0.394 e. The summed E-state index contributed by atoms with van der Waals surface area (Å²) in [5.41, 5.74) is 5.01. The van der Waals surface area contributed by atoms with Gasteiger partial charge in [0.25, 0.3) is 0 Å². The van der Waals surface area contributed by atoms with Gasteiger partial charge in [-0.1, -0.05) is 0 Å². The van der Waals surface area contributed by atoms with Gasteiger partial charge in [0, 0.05) is 12.2 Å². The summed E-state index contributed by atoms with van der Waals surface area (Å²) >= 11 is 0. The maximum Gasteiger partial charge on any atom is 0.116 e. The van der Waals surface area contributed by atoms with Crippen LogP contribution in [-0.2, 0) is 0 Å². The fourth-order valence-electron chi connectivity index (χ4n) is 0.355. The average Bonchev–Trinajstić information content (AvgIpc) is 1.87. The summed E-state index contributed by atoms with van der Waals surface area (Å²) in [7, 11) is 0. The number of hydrogen-bond acceptors (Lipinski definition) is 3. The highest BCUT2D eigenvalue weighted by atomic mass is 16.3. The van der Waals surface area contributed by atoms with Crippen molar-refractivity contribution in [3.63, 3.8) is 0 Å². The molecule has 0 unspecified atom stereocenters. The van der Waals surface area contributed by atoms with Crippen molar-refractivity contribution in [1.82, 2.24) is 5.32 Å². The molecule has 0 bridgehead atoms. The minimum atomic E-state index is -0.00219. The van der Waals surface area contributed by atoms with Gasteiger partial charge in [0.05, 0.1) is 6.61 Å². The van der Waals surface area contributed by atoms with Crippen LogP contribution < -0.4 is 11.1 Å². The smallest absolute Gasteiger partial charge is 0.116 e. The molecule has 0 aromatic carbocycles. The third kappa shape index (κ3) is 5.11. The summed E-state index contributed by atoms with van der Waals surface area (Å²) in [4.78, 5) is 0. The van der Waals surface area contributed by atoms with Crippen molar-refractivity contribution >= 4 is 5.84 Å². The van der Waals surface area contributed by atoms with Crippen LogP contribution in [0.5, 0.6) is 0 Å². The number of aliphatic hydroxyl groups excluding tert-OH is 1. The van der Waals surface area contributed by atoms with Crippen LogP contribution in [0.3, 0.4) is 0 Å². The van der Waals surface area contributed by atoms with Crippen LogP contribution in [0.1, 0.15) is 6.92 Å². The molecule has 4 heteroatoms. The molecule has 0 aliphatic rings. The van der Waals surface area contributed by atoms with Crippen molar-refractivity contribution < 1.29 is 5.11 Å². The highest BCUT2D eigenvalue weighted by molar-refractivity contribution is 5.88. The Hall–Kier alpha value is -1.03. The SMILES string of the molecule is C[C@@H](CO)N/C=C\C(=N)N. The van der Waals surface area contributed by atoms with Crippen LogP contribution in [0, 0.1) is 5.41 Å². The van der Waals surface area contributed by atoms with Gasteiger partial charge in [0.15, 0.2) is 0 Å². The standard InChI is InChI=1S/C6H13N3O/c1-5(4-10)9-3-2-6(7)8/h2-3,5,9-10H,4H2,1H3,(H3,7,8)/b3-2-/t5-/m0/s1. The first-order valence-corrected chi connectivity index (χ1v) is 3.04. The molecule has 5 N–H and O–H groups in total. The first-order valence-electron chi connectivity index (χ1n) is 3.04. The summed E-state index contributed by atoms with van der Waals surface area (Å²) in [6.07, 6.45) is 2.97. The molecule has 0 rings (SSSR count). The number of rotatable bonds is 4. The van der Waals surface area contributed by atoms with E-state index in [-0.39, 0.29) is 18.5 Å². The van der Waals surface area contributed by atoms with Gasteiger partial charge in [-0.3, -0.25) is 5.41 Å². The predicted molar refractivity (Wildman–Crippen MR) is 40.7 cm³/mol. The molecule has 0 heterocycles. The Morgan fingerprint density at radius 2 is 2.50 bits per heavy atom. The Balaban J connectivity index is 3.43. The second-order valence-corrected chi connectivity index (χ2v) is 2.04. The second-order valence-electron chi connectivity index (χ2n) is 2.04. The zero-order chi connectivity index (χ0) is 7.98. The van der Waals surface area contributed by atoms with E-state index in [2.05, 4.69) is 5.32 Å². The number of nitrogens with two attached hydrogens (primary N) is 1. The molecule has 0 saturated carbocycles. The minimum absolute atomic E-state index is 0.00219. The Kier molecular flexibility index (Phi) is 4.32. The molecule has 0 aromatic heterocycles. The second kappa shape index (κ2) is 4.81. The van der Waals surface area contributed by atoms with Gasteiger partial charge in [-0.25, -0.2) is 0 Å². The zero-order valence-corrected chi connectivity index (χ0v) is 5.96. The molecule has 0 saturated heterocycles. The highest BCUT2D eigenvalue weighted by Gasteiger charge is 1.91. The van der Waals surface area contributed by atoms with Gasteiger partial charge in [-0.15, -0.1) is 0 Å². The van der Waals surface area contributed by atoms with E-state index in [0.717, 1.165) is 0 Å². The molecule has 10 heavy (non-hydrogen) atoms. The Labute approximate surface area is 60.2 Å². The maximum atomic E-state index is 8.52. The fourth-order valence-corrected chi connectivity index (χ4v) is 0.355. The van der Waals surface area contributed by atoms with Crippen LogP contribution in [-0.4, -0.2) is 23.6 Å². The van der Waals surface area contributed by atoms with Crippen LogP contribution in [0.2, 0.25) is 0 Å². The molecule has 0 aliphatic carbocycles. The highest BCUT2D eigenvalue weighted by Crippen LogP contribution is 1.76. The van der Waals surface area contributed by atoms with Gasteiger partial charge in [-0.05, 0) is 13.0 Å². The third-order valence-electron chi connectivity index (χ3n) is 0.917. The van der Waals surface area contributed by atoms with E-state index in [4.69, 9.17) is 16.2 Å². The lowest BCUT2D eigenvalue weighted by Crippen LogP contribution is -2.24. The van der Waals surface area contributed by atoms with E-state index in [1.807, 2.05) is 6.92 Å². The Morgan fingerprint density at radius 1 is 1.90 bits per heavy atom. The van der Waals surface area contributed by atoms with Gasteiger partial charge >= 0.3 is 0 Å². The van der Waals surface area contributed by atoms with Crippen LogP contribution >= 0.6 is 0 Å². The van der Waals surface area contributed by atoms with Gasteiger partial charge in [0.1, 0.15) is 5.84 Å². The van der Waals surface area contributed by atoms with Crippen molar-refractivity contribution in [3.8, 4) is 0 Å². The Morgan fingerprint density at radius 3 is 2.90 bits per heavy atom. The van der Waals surface area contributed by atoms with Crippen LogP contribution in [0.15, 0.2) is 12.3 Å². The summed E-state index contributed by atoms with van der Waals surface area (Å²) in [6.45, 7) is 1.90. The summed E-state index contributed by atoms with van der Waals surface area (Å²) < 4.78 is 0. The lowest BCUT2D eigenvalue weighted by molar-refractivity contribution is 0.261. The molecule has 0 spiro atoms. The zero-order valence-electron chi connectivity index (χ0n) is 5.96. The molecule has 4 nitrogen and oxygen atoms in total. The van der Waals surface area contributed by atoms with Crippen molar-refractivity contribution in [1.29, 1.82) is 5.41 Å². The lowest BCUT2D eigenvalue weighted by Gasteiger charge is -2.05. The van der Waals surface area contributed by atoms with Crippen LogP contribution in [0.4, 0.5) is 0 Å². The van der Waals surface area contributed by atoms with Crippen molar-refractivity contribution in [2.24, 2.45) is 5.73 Å². The number of hydrogen-bond donors (Lipinski definition) is 4. The van der Waals surface area contributed by atoms with E-state index >= 15 is 0 Å². The number of nitrogens with one attached hydrogen (secondary N) is 2. The fraction of sp³-hybridized carbons (Fsp3) is 0.500. The van der Waals surface area contributed by atoms with Gasteiger partial charge in [-0.2, -0.15) is 0 Å². The van der Waals surface area contributed by atoms with E-state index in [1.54, 1.807) is 6.20 Å². The average molecular weight is 143 g/mol. The topological polar surface area (TPSA) is 82.1 Å². The predicted octanol–water partition coefficient (Wildman–Crippen LogP) is -0.594. The molecule has 0 aliphatic heterocycles. The third-order valence-corrected chi connectivity index (χ3v) is 0.917. The molecule has 58 valence electrons. The summed E-state index contributed by atoms with van der Waals surface area (Å²) in [5.74, 6) is -0.00219. The van der Waals surface area contributed by atoms with Crippen LogP contribution in [0.25, 0.3) is 0 Å². The van der Waals surface area contributed by atoms with E-state index in [0.29, 0.717) is 0 Å². The molecule has 0 radical (unpaired) electrons. The van der Waals surface area contributed by atoms with Crippen molar-refractivity contribution in [3.05, 3.63) is 12.3 Å². The quantitative estimate of drug-likeness (QED) is 0.313. The van der Waals surface area contributed by atoms with Crippen molar-refractivity contribution in [2.45, 2.75) is 13.0 Å². The number of aliphatic hydroxyl groups is 1. The monoisotopic (exact) mass is 143 g/mol. The number of amidine groups is 1. The molecule has 0 fully saturated rings. The summed E-state index contributed by atoms with van der Waals surface area (Å²) in [5, 5.41) is 18.1. The maximum absolute atomic E-state index is 8.52. The lowest BCUT2D eigenvalue weighted by atomic mass is 10.4. The molecule has 1 atom stereocenters. The summed E-state index contributed by atoms with van der Waals surface area (Å²) in [6, 6.07) is 0.00981. The first kappa shape index (κ1) is 8.97. The minimum Gasteiger partial charge on any atom is -0.394 e.